The van der Waals surface area contributed by atoms with Crippen LogP contribution in [0.25, 0.3) is 0 Å². The molecule has 0 spiro atoms. The largest absolute Gasteiger partial charge is 0.207 e. The number of benzene rings is 1. The van der Waals surface area contributed by atoms with Gasteiger partial charge in [0.1, 0.15) is 11.6 Å². The van der Waals surface area contributed by atoms with Crippen LogP contribution in [0.15, 0.2) is 24.3 Å². The highest BCUT2D eigenvalue weighted by atomic mass is 32.2. The fourth-order valence-corrected chi connectivity index (χ4v) is 1.78. The van der Waals surface area contributed by atoms with E-state index in [4.69, 9.17) is 0 Å². The minimum Gasteiger partial charge on any atom is -0.207 e. The third-order valence-electron chi connectivity index (χ3n) is 1.40. The highest BCUT2D eigenvalue weighted by Gasteiger charge is 2.07. The van der Waals surface area contributed by atoms with E-state index in [2.05, 4.69) is 12.5 Å². The molecule has 1 aromatic rings. The van der Waals surface area contributed by atoms with E-state index in [0.717, 1.165) is 11.3 Å². The van der Waals surface area contributed by atoms with Gasteiger partial charge in [0.05, 0.1) is 12.5 Å². The summed E-state index contributed by atoms with van der Waals surface area (Å²) in [6.07, 6.45) is 4.24. The van der Waals surface area contributed by atoms with Gasteiger partial charge in [-0.2, -0.15) is 0 Å². The van der Waals surface area contributed by atoms with Gasteiger partial charge in [-0.15, -0.1) is 0 Å². The predicted molar refractivity (Wildman–Crippen MR) is 49.3 cm³/mol. The lowest BCUT2D eigenvalue weighted by atomic mass is 10.2. The molecule has 60 valence electrons. The molecule has 0 radical (unpaired) electrons. The summed E-state index contributed by atoms with van der Waals surface area (Å²) < 4.78 is 13.0. The monoisotopic (exact) mass is 171 g/mol. The Morgan fingerprint density at radius 1 is 1.27 bits per heavy atom. The Kier molecular flexibility index (Phi) is 2.94. The van der Waals surface area contributed by atoms with Crippen molar-refractivity contribution < 1.29 is 4.39 Å². The number of rotatable bonds is 2. The number of halogens is 1. The molecule has 0 aromatic heterocycles. The van der Waals surface area contributed by atoms with E-state index < -0.39 is 0 Å². The van der Waals surface area contributed by atoms with Crippen molar-refractivity contribution in [3.63, 3.8) is 0 Å². The number of hydrogen-bond acceptors (Lipinski definition) is 0. The minimum absolute atomic E-state index is 0.0753. The zero-order valence-electron chi connectivity index (χ0n) is 6.80. The average Bonchev–Trinajstić information content (AvgIpc) is 1.93. The van der Waals surface area contributed by atoms with Crippen LogP contribution in [-0.4, -0.2) is 12.5 Å². The van der Waals surface area contributed by atoms with Crippen molar-refractivity contribution in [2.45, 2.75) is 5.75 Å². The first kappa shape index (κ1) is 8.60. The summed E-state index contributed by atoms with van der Waals surface area (Å²) in [7, 11) is 0.283. The topological polar surface area (TPSA) is 0 Å². The van der Waals surface area contributed by atoms with Crippen LogP contribution in [0.4, 0.5) is 4.39 Å². The zero-order valence-corrected chi connectivity index (χ0v) is 7.62. The summed E-state index contributed by atoms with van der Waals surface area (Å²) in [6, 6.07) is 6.97. The first-order valence-electron chi connectivity index (χ1n) is 3.48. The quantitative estimate of drug-likeness (QED) is 0.598. The molecule has 1 rings (SSSR count). The van der Waals surface area contributed by atoms with Crippen LogP contribution in [0.5, 0.6) is 0 Å². The summed E-state index contributed by atoms with van der Waals surface area (Å²) >= 11 is 0. The highest BCUT2D eigenvalue weighted by Crippen LogP contribution is 2.09. The van der Waals surface area contributed by atoms with Gasteiger partial charge in [-0.1, -0.05) is 18.2 Å². The van der Waals surface area contributed by atoms with Crippen LogP contribution in [0.1, 0.15) is 5.56 Å². The first-order valence-corrected chi connectivity index (χ1v) is 5.69. The molecule has 0 nitrogen and oxygen atoms in total. The van der Waals surface area contributed by atoms with E-state index in [1.807, 2.05) is 12.1 Å². The zero-order chi connectivity index (χ0) is 8.27. The Morgan fingerprint density at radius 2 is 1.91 bits per heavy atom. The molecule has 0 aliphatic heterocycles. The Labute approximate surface area is 69.8 Å². The maximum absolute atomic E-state index is 13.0. The Morgan fingerprint density at radius 3 is 2.45 bits per heavy atom. The van der Waals surface area contributed by atoms with E-state index in [9.17, 15) is 4.39 Å². The smallest absolute Gasteiger partial charge is 0.135 e. The molecule has 0 amide bonds. The number of hydrogen-bond donors (Lipinski definition) is 0. The van der Waals surface area contributed by atoms with E-state index in [0.29, 0.717) is 0 Å². The molecule has 2 heteroatoms. The summed E-state index contributed by atoms with van der Waals surface area (Å²) in [5, 5.41) is 0. The molecular formula is C9H12FS+. The standard InChI is InChI=1S/C9H12FS/c1-11(2)7-8-5-3-4-6-9(8)10/h3-6H,7H2,1-2H3/q+1. The molecule has 0 saturated carbocycles. The second-order valence-corrected chi connectivity index (χ2v) is 4.98. The normalized spacial score (nSPS) is 10.5. The lowest BCUT2D eigenvalue weighted by Gasteiger charge is -1.98. The van der Waals surface area contributed by atoms with Gasteiger partial charge in [-0.25, -0.2) is 4.39 Å². The van der Waals surface area contributed by atoms with Gasteiger partial charge in [0, 0.05) is 5.56 Å². The SMILES string of the molecule is C[S+](C)Cc1ccccc1F. The fraction of sp³-hybridized carbons (Fsp3) is 0.333. The van der Waals surface area contributed by atoms with Gasteiger partial charge in [0.15, 0.2) is 0 Å². The van der Waals surface area contributed by atoms with Gasteiger partial charge in [-0.3, -0.25) is 0 Å². The van der Waals surface area contributed by atoms with E-state index in [-0.39, 0.29) is 16.7 Å². The van der Waals surface area contributed by atoms with Crippen LogP contribution in [-0.2, 0) is 16.6 Å². The molecule has 0 aliphatic rings. The van der Waals surface area contributed by atoms with Gasteiger partial charge in [0.2, 0.25) is 0 Å². The van der Waals surface area contributed by atoms with Gasteiger partial charge < -0.3 is 0 Å². The van der Waals surface area contributed by atoms with Crippen molar-refractivity contribution in [3.05, 3.63) is 35.6 Å². The lowest BCUT2D eigenvalue weighted by Crippen LogP contribution is -2.01. The predicted octanol–water partition coefficient (Wildman–Crippen LogP) is 2.20. The second-order valence-electron chi connectivity index (χ2n) is 2.72. The molecule has 0 bridgehead atoms. The minimum atomic E-state index is -0.0753. The van der Waals surface area contributed by atoms with Crippen molar-refractivity contribution in [2.24, 2.45) is 0 Å². The average molecular weight is 171 g/mol. The van der Waals surface area contributed by atoms with Gasteiger partial charge in [0.25, 0.3) is 0 Å². The Hall–Kier alpha value is -0.500. The molecule has 1 aromatic carbocycles. The van der Waals surface area contributed by atoms with Crippen LogP contribution < -0.4 is 0 Å². The van der Waals surface area contributed by atoms with E-state index in [1.54, 1.807) is 6.07 Å². The van der Waals surface area contributed by atoms with Crippen molar-refractivity contribution >= 4 is 10.9 Å². The third-order valence-corrected chi connectivity index (χ3v) is 2.29. The van der Waals surface area contributed by atoms with Crippen molar-refractivity contribution in [2.75, 3.05) is 12.5 Å². The summed E-state index contributed by atoms with van der Waals surface area (Å²) in [6.45, 7) is 0. The van der Waals surface area contributed by atoms with Gasteiger partial charge >= 0.3 is 0 Å². The molecule has 0 atom stereocenters. The Bertz CT molecular complexity index is 233. The lowest BCUT2D eigenvalue weighted by molar-refractivity contribution is 0.617. The molecule has 0 heterocycles. The Balaban J connectivity index is 2.78. The molecule has 0 fully saturated rings. The van der Waals surface area contributed by atoms with Crippen molar-refractivity contribution in [3.8, 4) is 0 Å². The van der Waals surface area contributed by atoms with Crippen LogP contribution in [0, 0.1) is 5.82 Å². The third kappa shape index (κ3) is 2.54. The molecule has 11 heavy (non-hydrogen) atoms. The highest BCUT2D eigenvalue weighted by molar-refractivity contribution is 7.94. The summed E-state index contributed by atoms with van der Waals surface area (Å²) in [5.41, 5.74) is 0.834. The maximum Gasteiger partial charge on any atom is 0.135 e. The summed E-state index contributed by atoms with van der Waals surface area (Å²) in [5.74, 6) is 0.779. The van der Waals surface area contributed by atoms with E-state index >= 15 is 0 Å². The molecule has 0 N–H and O–H groups in total. The van der Waals surface area contributed by atoms with Crippen molar-refractivity contribution in [1.82, 2.24) is 0 Å². The fourth-order valence-electron chi connectivity index (χ4n) is 0.926. The van der Waals surface area contributed by atoms with Crippen LogP contribution in [0.3, 0.4) is 0 Å². The van der Waals surface area contributed by atoms with Crippen molar-refractivity contribution in [1.29, 1.82) is 0 Å². The summed E-state index contributed by atoms with van der Waals surface area (Å²) in [4.78, 5) is 0. The first-order chi connectivity index (χ1) is 5.20. The molecule has 0 unspecified atom stereocenters. The van der Waals surface area contributed by atoms with E-state index in [1.165, 1.54) is 6.07 Å². The molecule has 0 aliphatic carbocycles. The maximum atomic E-state index is 13.0. The van der Waals surface area contributed by atoms with Gasteiger partial charge in [-0.05, 0) is 17.0 Å². The molecular weight excluding hydrogens is 159 g/mol. The van der Waals surface area contributed by atoms with Crippen LogP contribution >= 0.6 is 0 Å². The second kappa shape index (κ2) is 3.77. The van der Waals surface area contributed by atoms with Crippen LogP contribution in [0.2, 0.25) is 0 Å². The molecule has 0 saturated heterocycles.